The smallest absolute Gasteiger partial charge is 0.435 e. The van der Waals surface area contributed by atoms with Gasteiger partial charge in [0.25, 0.3) is 0 Å². The van der Waals surface area contributed by atoms with Crippen LogP contribution in [0.3, 0.4) is 0 Å². The monoisotopic (exact) mass is 431 g/mol. The van der Waals surface area contributed by atoms with Gasteiger partial charge in [-0.2, -0.15) is 8.78 Å². The predicted octanol–water partition coefficient (Wildman–Crippen LogP) is 3.99. The molecule has 1 fully saturated rings. The molecule has 1 aromatic rings. The Morgan fingerprint density at radius 1 is 1.21 bits per heavy atom. The third kappa shape index (κ3) is 7.52. The number of alkyl halides is 7. The van der Waals surface area contributed by atoms with Gasteiger partial charge in [-0.05, 0) is 17.7 Å². The first-order chi connectivity index (χ1) is 13.3. The van der Waals surface area contributed by atoms with Crippen LogP contribution >= 0.6 is 0 Å². The maximum atomic E-state index is 12.8. The average molecular weight is 431 g/mol. The second-order valence-electron chi connectivity index (χ2n) is 6.43. The summed E-state index contributed by atoms with van der Waals surface area (Å²) < 4.78 is 95.3. The van der Waals surface area contributed by atoms with Gasteiger partial charge in [-0.25, -0.2) is 8.78 Å². The average Bonchev–Trinajstić information content (AvgIpc) is 2.55. The Kier molecular flexibility index (Phi) is 7.09. The Bertz CT molecular complexity index is 731. The minimum atomic E-state index is -5.03. The van der Waals surface area contributed by atoms with Gasteiger partial charge in [0.1, 0.15) is 11.5 Å². The molecule has 1 atom stereocenters. The molecule has 0 heterocycles. The van der Waals surface area contributed by atoms with Crippen molar-refractivity contribution in [1.29, 1.82) is 0 Å². The van der Waals surface area contributed by atoms with E-state index in [4.69, 9.17) is 0 Å². The van der Waals surface area contributed by atoms with Crippen LogP contribution in [-0.4, -0.2) is 37.2 Å². The molecule has 162 valence electrons. The highest BCUT2D eigenvalue weighted by Gasteiger charge is 2.48. The van der Waals surface area contributed by atoms with Gasteiger partial charge in [-0.1, -0.05) is 12.1 Å². The molecule has 1 saturated carbocycles. The number of Topliss-reactive ketones (excluding diaryl/α,β-unsaturated/α-hetero) is 1. The van der Waals surface area contributed by atoms with Crippen molar-refractivity contribution >= 4 is 11.7 Å². The fraction of sp³-hybridized carbons (Fsp3) is 0.529. The summed E-state index contributed by atoms with van der Waals surface area (Å²) in [5.41, 5.74) is -0.0524. The maximum absolute atomic E-state index is 12.8. The van der Waals surface area contributed by atoms with E-state index in [9.17, 15) is 40.3 Å². The minimum Gasteiger partial charge on any atom is -0.435 e. The molecule has 12 heteroatoms. The maximum Gasteiger partial charge on any atom is 0.522 e. The van der Waals surface area contributed by atoms with Crippen molar-refractivity contribution in [2.24, 2.45) is 5.92 Å². The lowest BCUT2D eigenvalue weighted by Gasteiger charge is -2.33. The summed E-state index contributed by atoms with van der Waals surface area (Å²) in [6.45, 7) is -4.29. The molecule has 0 bridgehead atoms. The van der Waals surface area contributed by atoms with Crippen LogP contribution in [0.4, 0.5) is 30.7 Å². The highest BCUT2D eigenvalue weighted by Crippen LogP contribution is 2.43. The quantitative estimate of drug-likeness (QED) is 0.475. The number of carbonyl (C=O) groups is 2. The number of hydrogen-bond acceptors (Lipinski definition) is 4. The van der Waals surface area contributed by atoms with E-state index in [-0.39, 0.29) is 11.3 Å². The molecular formula is C17H16F7NO4. The van der Waals surface area contributed by atoms with Crippen LogP contribution in [0.5, 0.6) is 5.75 Å². The Balaban J connectivity index is 2.05. The van der Waals surface area contributed by atoms with Crippen molar-refractivity contribution in [3.05, 3.63) is 29.8 Å². The van der Waals surface area contributed by atoms with Crippen LogP contribution in [-0.2, 0) is 14.3 Å². The summed E-state index contributed by atoms with van der Waals surface area (Å²) in [6, 6.07) is 3.09. The number of amides is 1. The summed E-state index contributed by atoms with van der Waals surface area (Å²) in [6.07, 6.45) is -7.22. The number of ether oxygens (including phenoxy) is 2. The van der Waals surface area contributed by atoms with E-state index in [0.717, 1.165) is 12.1 Å². The van der Waals surface area contributed by atoms with Crippen LogP contribution in [0, 0.1) is 5.92 Å². The number of carbonyl (C=O) groups excluding carboxylic acids is 2. The van der Waals surface area contributed by atoms with E-state index < -0.39 is 68.4 Å². The molecule has 0 saturated heterocycles. The van der Waals surface area contributed by atoms with E-state index in [1.165, 1.54) is 12.1 Å². The first-order valence-corrected chi connectivity index (χ1v) is 8.30. The lowest BCUT2D eigenvalue weighted by atomic mass is 9.77. The van der Waals surface area contributed by atoms with Crippen LogP contribution < -0.4 is 10.1 Å². The number of halogens is 7. The lowest BCUT2D eigenvalue weighted by molar-refractivity contribution is -0.326. The number of rotatable bonds is 9. The molecule has 1 N–H and O–H groups in total. The summed E-state index contributed by atoms with van der Waals surface area (Å²) in [7, 11) is 0. The normalized spacial score (nSPS) is 17.5. The van der Waals surface area contributed by atoms with Gasteiger partial charge in [-0.3, -0.25) is 14.3 Å². The Hall–Kier alpha value is -2.37. The van der Waals surface area contributed by atoms with Gasteiger partial charge in [0, 0.05) is 18.8 Å². The zero-order valence-corrected chi connectivity index (χ0v) is 14.6. The van der Waals surface area contributed by atoms with Crippen LogP contribution in [0.25, 0.3) is 0 Å². The van der Waals surface area contributed by atoms with Gasteiger partial charge in [-0.15, -0.1) is 13.2 Å². The molecule has 1 aliphatic carbocycles. The van der Waals surface area contributed by atoms with Crippen LogP contribution in [0.1, 0.15) is 30.9 Å². The standard InChI is InChI=1S/C17H16F7NO4/c18-15(19)29-11-3-1-2-9(4-11)12(8-28-17(22,23)24)25-14(27)5-13(26)10-6-16(20,21)7-10/h1-4,10,12,15H,5-8H2,(H,25,27). The van der Waals surface area contributed by atoms with Crippen molar-refractivity contribution in [2.75, 3.05) is 6.61 Å². The second-order valence-corrected chi connectivity index (χ2v) is 6.43. The first-order valence-electron chi connectivity index (χ1n) is 8.30. The van der Waals surface area contributed by atoms with Crippen LogP contribution in [0.15, 0.2) is 24.3 Å². The molecule has 0 aliphatic heterocycles. The molecule has 0 aromatic heterocycles. The largest absolute Gasteiger partial charge is 0.522 e. The fourth-order valence-corrected chi connectivity index (χ4v) is 2.74. The van der Waals surface area contributed by atoms with Crippen molar-refractivity contribution in [1.82, 2.24) is 5.32 Å². The molecule has 29 heavy (non-hydrogen) atoms. The van der Waals surface area contributed by atoms with Crippen LogP contribution in [0.2, 0.25) is 0 Å². The summed E-state index contributed by atoms with van der Waals surface area (Å²) >= 11 is 0. The lowest BCUT2D eigenvalue weighted by Crippen LogP contribution is -2.42. The van der Waals surface area contributed by atoms with Gasteiger partial charge < -0.3 is 10.1 Å². The highest BCUT2D eigenvalue weighted by molar-refractivity contribution is 5.99. The summed E-state index contributed by atoms with van der Waals surface area (Å²) in [4.78, 5) is 23.8. The Labute approximate surface area is 160 Å². The fourth-order valence-electron chi connectivity index (χ4n) is 2.74. The molecule has 1 amide bonds. The number of ketones is 1. The zero-order chi connectivity index (χ0) is 21.8. The Morgan fingerprint density at radius 2 is 1.86 bits per heavy atom. The highest BCUT2D eigenvalue weighted by atomic mass is 19.4. The third-order valence-corrected chi connectivity index (χ3v) is 4.11. The zero-order valence-electron chi connectivity index (χ0n) is 14.6. The Morgan fingerprint density at radius 3 is 2.41 bits per heavy atom. The van der Waals surface area contributed by atoms with Crippen molar-refractivity contribution in [3.8, 4) is 5.75 Å². The van der Waals surface area contributed by atoms with E-state index in [0.29, 0.717) is 0 Å². The van der Waals surface area contributed by atoms with E-state index in [1.54, 1.807) is 0 Å². The van der Waals surface area contributed by atoms with Gasteiger partial charge in [0.05, 0.1) is 19.1 Å². The first kappa shape index (κ1) is 22.9. The summed E-state index contributed by atoms with van der Waals surface area (Å²) in [5, 5.41) is 2.13. The molecular weight excluding hydrogens is 415 g/mol. The third-order valence-electron chi connectivity index (χ3n) is 4.11. The second kappa shape index (κ2) is 8.97. The molecule has 1 unspecified atom stereocenters. The van der Waals surface area contributed by atoms with Gasteiger partial charge in [0.15, 0.2) is 0 Å². The van der Waals surface area contributed by atoms with Crippen molar-refractivity contribution in [3.63, 3.8) is 0 Å². The molecule has 1 aliphatic rings. The minimum absolute atomic E-state index is 0.0524. The summed E-state index contributed by atoms with van der Waals surface area (Å²) in [5.74, 6) is -6.11. The van der Waals surface area contributed by atoms with E-state index in [2.05, 4.69) is 14.8 Å². The molecule has 5 nitrogen and oxygen atoms in total. The van der Waals surface area contributed by atoms with Gasteiger partial charge >= 0.3 is 13.0 Å². The van der Waals surface area contributed by atoms with Crippen molar-refractivity contribution in [2.45, 2.75) is 44.2 Å². The number of benzene rings is 1. The predicted molar refractivity (Wildman–Crippen MR) is 83.3 cm³/mol. The number of nitrogens with one attached hydrogen (secondary N) is 1. The topological polar surface area (TPSA) is 64.6 Å². The van der Waals surface area contributed by atoms with Gasteiger partial charge in [0.2, 0.25) is 11.8 Å². The van der Waals surface area contributed by atoms with E-state index >= 15 is 0 Å². The van der Waals surface area contributed by atoms with E-state index in [1.807, 2.05) is 0 Å². The van der Waals surface area contributed by atoms with Crippen molar-refractivity contribution < 1.29 is 49.8 Å². The molecule has 0 spiro atoms. The number of hydrogen-bond donors (Lipinski definition) is 1. The molecule has 1 aromatic carbocycles. The molecule has 2 rings (SSSR count). The SMILES string of the molecule is O=C(CC(=O)C1CC(F)(F)C1)NC(COC(F)(F)F)c1cccc(OC(F)F)c1. The molecule has 0 radical (unpaired) electrons.